The quantitative estimate of drug-likeness (QED) is 0.829. The van der Waals surface area contributed by atoms with Crippen molar-refractivity contribution in [1.82, 2.24) is 4.90 Å². The first-order chi connectivity index (χ1) is 8.32. The Bertz CT molecular complexity index is 303. The molecule has 1 amide bonds. The van der Waals surface area contributed by atoms with E-state index in [1.807, 2.05) is 20.8 Å². The third-order valence-electron chi connectivity index (χ3n) is 3.13. The van der Waals surface area contributed by atoms with Crippen LogP contribution in [0.4, 0.5) is 0 Å². The summed E-state index contributed by atoms with van der Waals surface area (Å²) >= 11 is 0. The van der Waals surface area contributed by atoms with Crippen LogP contribution in [0.5, 0.6) is 0 Å². The average Bonchev–Trinajstić information content (AvgIpc) is 2.28. The average molecular weight is 257 g/mol. The Morgan fingerprint density at radius 2 is 2.06 bits per heavy atom. The maximum Gasteiger partial charge on any atom is 0.305 e. The Hall–Kier alpha value is -1.10. The van der Waals surface area contributed by atoms with Crippen molar-refractivity contribution >= 4 is 11.9 Å². The van der Waals surface area contributed by atoms with Gasteiger partial charge < -0.3 is 14.7 Å². The van der Waals surface area contributed by atoms with Gasteiger partial charge >= 0.3 is 5.97 Å². The summed E-state index contributed by atoms with van der Waals surface area (Å²) in [5, 5.41) is 8.76. The van der Waals surface area contributed by atoms with E-state index in [2.05, 4.69) is 0 Å². The predicted octanol–water partition coefficient (Wildman–Crippen LogP) is 1.51. The SMILES string of the molecule is CC(C)(C)N(CCC(=O)O)C(=O)C1CCCOC1. The van der Waals surface area contributed by atoms with Gasteiger partial charge in [-0.3, -0.25) is 9.59 Å². The first-order valence-corrected chi connectivity index (χ1v) is 6.43. The van der Waals surface area contributed by atoms with Gasteiger partial charge in [-0.1, -0.05) is 0 Å². The zero-order chi connectivity index (χ0) is 13.8. The fraction of sp³-hybridized carbons (Fsp3) is 0.846. The summed E-state index contributed by atoms with van der Waals surface area (Å²) in [4.78, 5) is 24.7. The normalized spacial score (nSPS) is 20.5. The third kappa shape index (κ3) is 4.29. The van der Waals surface area contributed by atoms with Crippen LogP contribution in [0.3, 0.4) is 0 Å². The van der Waals surface area contributed by atoms with Crippen LogP contribution in [-0.4, -0.2) is 47.2 Å². The number of nitrogens with zero attached hydrogens (tertiary/aromatic N) is 1. The lowest BCUT2D eigenvalue weighted by atomic mass is 9.96. The number of amides is 1. The second-order valence-electron chi connectivity index (χ2n) is 5.72. The fourth-order valence-electron chi connectivity index (χ4n) is 2.14. The Balaban J connectivity index is 2.68. The summed E-state index contributed by atoms with van der Waals surface area (Å²) < 4.78 is 5.33. The van der Waals surface area contributed by atoms with Gasteiger partial charge in [-0.25, -0.2) is 0 Å². The molecule has 18 heavy (non-hydrogen) atoms. The molecule has 1 rings (SSSR count). The minimum absolute atomic E-state index is 0.0171. The highest BCUT2D eigenvalue weighted by Crippen LogP contribution is 2.22. The van der Waals surface area contributed by atoms with E-state index in [-0.39, 0.29) is 30.3 Å². The molecule has 104 valence electrons. The lowest BCUT2D eigenvalue weighted by Gasteiger charge is -2.38. The molecule has 0 aromatic rings. The molecule has 0 aromatic heterocycles. The number of aliphatic carboxylic acids is 1. The van der Waals surface area contributed by atoms with Crippen molar-refractivity contribution in [1.29, 1.82) is 0 Å². The van der Waals surface area contributed by atoms with Gasteiger partial charge in [0, 0.05) is 18.7 Å². The molecule has 0 spiro atoms. The highest BCUT2D eigenvalue weighted by atomic mass is 16.5. The summed E-state index contributed by atoms with van der Waals surface area (Å²) in [7, 11) is 0. The van der Waals surface area contributed by atoms with E-state index in [1.165, 1.54) is 0 Å². The summed E-state index contributed by atoms with van der Waals surface area (Å²) in [5.41, 5.74) is -0.357. The van der Waals surface area contributed by atoms with Gasteiger partial charge in [-0.2, -0.15) is 0 Å². The van der Waals surface area contributed by atoms with Gasteiger partial charge in [-0.15, -0.1) is 0 Å². The first kappa shape index (κ1) is 15.0. The van der Waals surface area contributed by atoms with Crippen molar-refractivity contribution in [3.8, 4) is 0 Å². The molecule has 1 N–H and O–H groups in total. The van der Waals surface area contributed by atoms with Crippen molar-refractivity contribution in [3.05, 3.63) is 0 Å². The highest BCUT2D eigenvalue weighted by molar-refractivity contribution is 5.80. The zero-order valence-corrected chi connectivity index (χ0v) is 11.4. The Kier molecular flexibility index (Phi) is 5.14. The van der Waals surface area contributed by atoms with Crippen LogP contribution in [-0.2, 0) is 14.3 Å². The van der Waals surface area contributed by atoms with Crippen LogP contribution in [0.25, 0.3) is 0 Å². The lowest BCUT2D eigenvalue weighted by Crippen LogP contribution is -2.50. The second kappa shape index (κ2) is 6.18. The molecule has 0 radical (unpaired) electrons. The van der Waals surface area contributed by atoms with Gasteiger partial charge in [0.15, 0.2) is 0 Å². The first-order valence-electron chi connectivity index (χ1n) is 6.43. The van der Waals surface area contributed by atoms with Crippen molar-refractivity contribution in [3.63, 3.8) is 0 Å². The molecular weight excluding hydrogens is 234 g/mol. The van der Waals surface area contributed by atoms with Crippen molar-refractivity contribution in [2.45, 2.75) is 45.6 Å². The lowest BCUT2D eigenvalue weighted by molar-refractivity contribution is -0.146. The molecule has 1 aliphatic heterocycles. The Labute approximate surface area is 108 Å². The maximum atomic E-state index is 12.4. The van der Waals surface area contributed by atoms with E-state index in [9.17, 15) is 9.59 Å². The van der Waals surface area contributed by atoms with E-state index in [1.54, 1.807) is 4.90 Å². The monoisotopic (exact) mass is 257 g/mol. The number of hydrogen-bond donors (Lipinski definition) is 1. The van der Waals surface area contributed by atoms with E-state index in [4.69, 9.17) is 9.84 Å². The van der Waals surface area contributed by atoms with Gasteiger partial charge in [0.25, 0.3) is 0 Å². The van der Waals surface area contributed by atoms with Crippen LogP contribution in [0, 0.1) is 5.92 Å². The van der Waals surface area contributed by atoms with E-state index in [0.717, 1.165) is 12.8 Å². The van der Waals surface area contributed by atoms with Crippen LogP contribution >= 0.6 is 0 Å². The number of rotatable bonds is 4. The maximum absolute atomic E-state index is 12.4. The minimum atomic E-state index is -0.878. The van der Waals surface area contributed by atoms with Gasteiger partial charge in [0.2, 0.25) is 5.91 Å². The summed E-state index contributed by atoms with van der Waals surface area (Å²) in [6, 6.07) is 0. The van der Waals surface area contributed by atoms with Gasteiger partial charge in [0.1, 0.15) is 0 Å². The van der Waals surface area contributed by atoms with Crippen molar-refractivity contribution in [2.24, 2.45) is 5.92 Å². The molecular formula is C13H23NO4. The number of carbonyl (C=O) groups is 2. The largest absolute Gasteiger partial charge is 0.481 e. The van der Waals surface area contributed by atoms with Crippen molar-refractivity contribution < 1.29 is 19.4 Å². The molecule has 1 aliphatic rings. The van der Waals surface area contributed by atoms with Crippen LogP contribution in [0.15, 0.2) is 0 Å². The highest BCUT2D eigenvalue weighted by Gasteiger charge is 2.32. The summed E-state index contributed by atoms with van der Waals surface area (Å²) in [6.07, 6.45) is 1.71. The zero-order valence-electron chi connectivity index (χ0n) is 11.4. The van der Waals surface area contributed by atoms with E-state index >= 15 is 0 Å². The molecule has 5 nitrogen and oxygen atoms in total. The van der Waals surface area contributed by atoms with E-state index < -0.39 is 5.97 Å². The predicted molar refractivity (Wildman–Crippen MR) is 67.3 cm³/mol. The summed E-state index contributed by atoms with van der Waals surface area (Å²) in [5.74, 6) is -0.979. The molecule has 5 heteroatoms. The smallest absolute Gasteiger partial charge is 0.305 e. The Morgan fingerprint density at radius 3 is 2.50 bits per heavy atom. The molecule has 1 atom stereocenters. The number of carboxylic acids is 1. The summed E-state index contributed by atoms with van der Waals surface area (Å²) in [6.45, 7) is 7.21. The van der Waals surface area contributed by atoms with Gasteiger partial charge in [-0.05, 0) is 33.6 Å². The van der Waals surface area contributed by atoms with E-state index in [0.29, 0.717) is 13.2 Å². The number of hydrogen-bond acceptors (Lipinski definition) is 3. The number of carboxylic acid groups (broad SMARTS) is 1. The molecule has 1 unspecified atom stereocenters. The van der Waals surface area contributed by atoms with Crippen LogP contribution in [0.2, 0.25) is 0 Å². The third-order valence-corrected chi connectivity index (χ3v) is 3.13. The van der Waals surface area contributed by atoms with Crippen molar-refractivity contribution in [2.75, 3.05) is 19.8 Å². The molecule has 1 heterocycles. The minimum Gasteiger partial charge on any atom is -0.481 e. The Morgan fingerprint density at radius 1 is 1.39 bits per heavy atom. The number of carbonyl (C=O) groups excluding carboxylic acids is 1. The fourth-order valence-corrected chi connectivity index (χ4v) is 2.14. The molecule has 0 saturated carbocycles. The van der Waals surface area contributed by atoms with Crippen LogP contribution < -0.4 is 0 Å². The van der Waals surface area contributed by atoms with Crippen LogP contribution in [0.1, 0.15) is 40.0 Å². The molecule has 0 bridgehead atoms. The molecule has 0 aromatic carbocycles. The van der Waals surface area contributed by atoms with Gasteiger partial charge in [0.05, 0.1) is 18.9 Å². The molecule has 1 saturated heterocycles. The molecule has 1 fully saturated rings. The topological polar surface area (TPSA) is 66.8 Å². The molecule has 0 aliphatic carbocycles. The standard InChI is InChI=1S/C13H23NO4/c1-13(2,3)14(7-6-11(15)16)12(17)10-5-4-8-18-9-10/h10H,4-9H2,1-3H3,(H,15,16). The second-order valence-corrected chi connectivity index (χ2v) is 5.72. The number of ether oxygens (including phenoxy) is 1.